The summed E-state index contributed by atoms with van der Waals surface area (Å²) >= 11 is 1.45. The van der Waals surface area contributed by atoms with Gasteiger partial charge >= 0.3 is 12.1 Å². The Labute approximate surface area is 216 Å². The zero-order chi connectivity index (χ0) is 27.0. The first-order valence-corrected chi connectivity index (χ1v) is 13.5. The van der Waals surface area contributed by atoms with E-state index in [-0.39, 0.29) is 5.75 Å². The molecule has 0 saturated carbocycles. The molecule has 0 unspecified atom stereocenters. The van der Waals surface area contributed by atoms with Crippen LogP contribution >= 0.6 is 11.8 Å². The third-order valence-corrected chi connectivity index (χ3v) is 5.96. The first-order valence-electron chi connectivity index (χ1n) is 12.3. The predicted octanol–water partition coefficient (Wildman–Crippen LogP) is 6.01. The lowest BCUT2D eigenvalue weighted by molar-refractivity contribution is -0.141. The van der Waals surface area contributed by atoms with Crippen molar-refractivity contribution < 1.29 is 24.2 Å². The molecule has 0 radical (unpaired) electrons. The second-order valence-corrected chi connectivity index (χ2v) is 11.1. The Morgan fingerprint density at radius 2 is 1.49 bits per heavy atom. The molecule has 0 aliphatic heterocycles. The van der Waals surface area contributed by atoms with Crippen LogP contribution < -0.4 is 10.6 Å². The first-order chi connectivity index (χ1) is 16.2. The van der Waals surface area contributed by atoms with Gasteiger partial charge < -0.3 is 20.5 Å². The second kappa shape index (κ2) is 17.2. The van der Waals surface area contributed by atoms with Crippen molar-refractivity contribution in [3.05, 3.63) is 34.9 Å². The molecule has 0 heterocycles. The molecule has 0 aromatic rings. The van der Waals surface area contributed by atoms with Crippen molar-refractivity contribution >= 4 is 29.7 Å². The fourth-order valence-electron chi connectivity index (χ4n) is 2.98. The van der Waals surface area contributed by atoms with E-state index in [1.54, 1.807) is 27.7 Å². The Morgan fingerprint density at radius 1 is 0.914 bits per heavy atom. The van der Waals surface area contributed by atoms with E-state index in [0.29, 0.717) is 12.2 Å². The summed E-state index contributed by atoms with van der Waals surface area (Å²) in [5, 5.41) is 14.5. The average molecular weight is 511 g/mol. The van der Waals surface area contributed by atoms with Crippen LogP contribution in [-0.4, -0.2) is 52.3 Å². The van der Waals surface area contributed by atoms with Crippen LogP contribution in [0.5, 0.6) is 0 Å². The first kappa shape index (κ1) is 32.8. The van der Waals surface area contributed by atoms with Gasteiger partial charge in [0, 0.05) is 11.5 Å². The number of nitrogens with one attached hydrogen (secondary N) is 2. The molecule has 0 spiro atoms. The van der Waals surface area contributed by atoms with Gasteiger partial charge in [0.2, 0.25) is 5.91 Å². The van der Waals surface area contributed by atoms with E-state index in [2.05, 4.69) is 56.6 Å². The number of amides is 2. The van der Waals surface area contributed by atoms with Gasteiger partial charge in [-0.3, -0.25) is 4.79 Å². The van der Waals surface area contributed by atoms with Crippen molar-refractivity contribution in [3.63, 3.8) is 0 Å². The molecule has 2 atom stereocenters. The van der Waals surface area contributed by atoms with Gasteiger partial charge in [0.15, 0.2) is 0 Å². The number of carbonyl (C=O) groups is 3. The van der Waals surface area contributed by atoms with Crippen molar-refractivity contribution in [1.82, 2.24) is 10.6 Å². The number of carboxylic acids is 1. The third kappa shape index (κ3) is 17.8. The predicted molar refractivity (Wildman–Crippen MR) is 146 cm³/mol. The molecule has 2 amide bonds. The van der Waals surface area contributed by atoms with Crippen molar-refractivity contribution in [2.45, 2.75) is 105 Å². The maximum atomic E-state index is 12.5. The van der Waals surface area contributed by atoms with E-state index in [4.69, 9.17) is 4.74 Å². The minimum atomic E-state index is -1.10. The van der Waals surface area contributed by atoms with E-state index in [1.807, 2.05) is 0 Å². The van der Waals surface area contributed by atoms with Crippen molar-refractivity contribution in [2.75, 3.05) is 11.5 Å². The van der Waals surface area contributed by atoms with Gasteiger partial charge in [0.05, 0.1) is 0 Å². The highest BCUT2D eigenvalue weighted by molar-refractivity contribution is 7.99. The van der Waals surface area contributed by atoms with Gasteiger partial charge in [-0.2, -0.15) is 11.8 Å². The molecule has 0 fully saturated rings. The van der Waals surface area contributed by atoms with Crippen LogP contribution in [0.3, 0.4) is 0 Å². The number of thioether (sulfide) groups is 1. The van der Waals surface area contributed by atoms with Gasteiger partial charge in [-0.25, -0.2) is 9.59 Å². The highest BCUT2D eigenvalue weighted by atomic mass is 32.2. The zero-order valence-corrected chi connectivity index (χ0v) is 23.6. The highest BCUT2D eigenvalue weighted by Gasteiger charge is 2.27. The number of aliphatic carboxylic acids is 1. The molecular weight excluding hydrogens is 464 g/mol. The molecule has 0 saturated heterocycles. The zero-order valence-electron chi connectivity index (χ0n) is 22.8. The molecule has 200 valence electrons. The molecule has 3 N–H and O–H groups in total. The normalized spacial score (nSPS) is 14.1. The monoisotopic (exact) mass is 510 g/mol. The van der Waals surface area contributed by atoms with Crippen LogP contribution in [-0.2, 0) is 14.3 Å². The fraction of sp³-hybridized carbons (Fsp3) is 0.667. The van der Waals surface area contributed by atoms with E-state index in [0.717, 1.165) is 25.7 Å². The lowest BCUT2D eigenvalue weighted by Crippen LogP contribution is -2.52. The van der Waals surface area contributed by atoms with Gasteiger partial charge in [0.25, 0.3) is 0 Å². The maximum Gasteiger partial charge on any atom is 0.408 e. The molecular formula is C27H46N2O5S. The smallest absolute Gasteiger partial charge is 0.408 e. The maximum absolute atomic E-state index is 12.5. The third-order valence-electron chi connectivity index (χ3n) is 4.99. The highest BCUT2D eigenvalue weighted by Crippen LogP contribution is 2.13. The van der Waals surface area contributed by atoms with Crippen LogP contribution in [0, 0.1) is 0 Å². The molecule has 0 aliphatic rings. The van der Waals surface area contributed by atoms with Crippen LogP contribution in [0.25, 0.3) is 0 Å². The van der Waals surface area contributed by atoms with Gasteiger partial charge in [-0.1, -0.05) is 41.9 Å². The SMILES string of the molecule is CC[C@H](NC(=O)OC(C)(C)C)C(=O)N[C@@H](CSC/C=C(\C)CC/C=C(\C)CCC=C(C)C)C(=O)O. The Morgan fingerprint density at radius 3 is 2.00 bits per heavy atom. The van der Waals surface area contributed by atoms with Gasteiger partial charge in [-0.15, -0.1) is 0 Å². The number of rotatable bonds is 15. The molecule has 0 bridgehead atoms. The minimum absolute atomic E-state index is 0.233. The van der Waals surface area contributed by atoms with E-state index in [1.165, 1.54) is 28.5 Å². The van der Waals surface area contributed by atoms with Gasteiger partial charge in [0.1, 0.15) is 17.7 Å². The summed E-state index contributed by atoms with van der Waals surface area (Å²) in [5.74, 6) is -0.739. The minimum Gasteiger partial charge on any atom is -0.480 e. The summed E-state index contributed by atoms with van der Waals surface area (Å²) in [6.07, 6.45) is 10.4. The van der Waals surface area contributed by atoms with E-state index >= 15 is 0 Å². The van der Waals surface area contributed by atoms with Crippen molar-refractivity contribution in [1.29, 1.82) is 0 Å². The van der Waals surface area contributed by atoms with Crippen LogP contribution in [0.1, 0.15) is 87.5 Å². The Balaban J connectivity index is 4.56. The molecule has 7 nitrogen and oxygen atoms in total. The quantitative estimate of drug-likeness (QED) is 0.184. The number of hydrogen-bond acceptors (Lipinski definition) is 5. The van der Waals surface area contributed by atoms with Crippen LogP contribution in [0.15, 0.2) is 34.9 Å². The summed E-state index contributed by atoms with van der Waals surface area (Å²) < 4.78 is 5.18. The fourth-order valence-corrected chi connectivity index (χ4v) is 3.98. The Bertz CT molecular complexity index is 777. The molecule has 0 aromatic carbocycles. The lowest BCUT2D eigenvalue weighted by atomic mass is 10.1. The number of allylic oxidation sites excluding steroid dienone is 5. The molecule has 8 heteroatoms. The topological polar surface area (TPSA) is 105 Å². The summed E-state index contributed by atoms with van der Waals surface area (Å²) in [6, 6.07) is -1.90. The largest absolute Gasteiger partial charge is 0.480 e. The Kier molecular flexibility index (Phi) is 16.2. The van der Waals surface area contributed by atoms with E-state index in [9.17, 15) is 19.5 Å². The number of carboxylic acid groups (broad SMARTS) is 1. The van der Waals surface area contributed by atoms with Crippen molar-refractivity contribution in [3.8, 4) is 0 Å². The molecule has 0 aromatic heterocycles. The standard InChI is InChI=1S/C27H46N2O5S/c1-9-22(29-26(33)34-27(6,7)8)24(30)28-23(25(31)32)18-35-17-16-21(5)15-11-14-20(4)13-10-12-19(2)3/h12,14,16,22-23H,9-11,13,15,17-18H2,1-8H3,(H,28,30)(H,29,33)(H,31,32)/b20-14+,21-16+/t22-,23-/m0/s1. The number of hydrogen-bond donors (Lipinski definition) is 3. The second-order valence-electron chi connectivity index (χ2n) is 10.0. The number of carbonyl (C=O) groups excluding carboxylic acids is 2. The summed E-state index contributed by atoms with van der Waals surface area (Å²) in [6.45, 7) is 15.4. The Hall–Kier alpha value is -2.22. The lowest BCUT2D eigenvalue weighted by Gasteiger charge is -2.23. The number of ether oxygens (including phenoxy) is 1. The average Bonchev–Trinajstić information content (AvgIpc) is 2.72. The summed E-state index contributed by atoms with van der Waals surface area (Å²) in [4.78, 5) is 36.1. The molecule has 0 rings (SSSR count). The van der Waals surface area contributed by atoms with Crippen LogP contribution in [0.4, 0.5) is 4.79 Å². The van der Waals surface area contributed by atoms with Crippen LogP contribution in [0.2, 0.25) is 0 Å². The number of alkyl carbamates (subject to hydrolysis) is 1. The summed E-state index contributed by atoms with van der Waals surface area (Å²) in [5.41, 5.74) is 3.32. The molecule has 35 heavy (non-hydrogen) atoms. The van der Waals surface area contributed by atoms with Gasteiger partial charge in [-0.05, 0) is 80.6 Å². The van der Waals surface area contributed by atoms with Crippen molar-refractivity contribution in [2.24, 2.45) is 0 Å². The van der Waals surface area contributed by atoms with E-state index < -0.39 is 35.7 Å². The summed E-state index contributed by atoms with van der Waals surface area (Å²) in [7, 11) is 0. The molecule has 0 aliphatic carbocycles.